The highest BCUT2D eigenvalue weighted by Crippen LogP contribution is 2.33. The SMILES string of the molecule is Cc1cc(C)cc(OCc2nnc(SC(C(N)=O)c3ccccc3)n2N)c1. The molecule has 0 fully saturated rings. The number of rotatable bonds is 7. The third-order valence-corrected chi connectivity index (χ3v) is 5.11. The predicted octanol–water partition coefficient (Wildman–Crippen LogP) is 2.51. The van der Waals surface area contributed by atoms with Crippen LogP contribution in [0.1, 0.15) is 27.8 Å². The summed E-state index contributed by atoms with van der Waals surface area (Å²) in [7, 11) is 0. The second-order valence-electron chi connectivity index (χ2n) is 6.19. The topological polar surface area (TPSA) is 109 Å². The first-order valence-corrected chi connectivity index (χ1v) is 9.23. The number of carbonyl (C=O) groups is 1. The van der Waals surface area contributed by atoms with Crippen molar-refractivity contribution in [2.75, 3.05) is 5.84 Å². The van der Waals surface area contributed by atoms with Crippen molar-refractivity contribution in [2.24, 2.45) is 5.73 Å². The summed E-state index contributed by atoms with van der Waals surface area (Å²) in [5.74, 6) is 6.81. The van der Waals surface area contributed by atoms with Gasteiger partial charge in [0, 0.05) is 0 Å². The van der Waals surface area contributed by atoms with E-state index in [1.165, 1.54) is 4.68 Å². The zero-order valence-corrected chi connectivity index (χ0v) is 15.9. The zero-order valence-electron chi connectivity index (χ0n) is 15.1. The van der Waals surface area contributed by atoms with Crippen LogP contribution >= 0.6 is 11.8 Å². The molecule has 1 heterocycles. The van der Waals surface area contributed by atoms with Crippen LogP contribution in [0.5, 0.6) is 5.75 Å². The summed E-state index contributed by atoms with van der Waals surface area (Å²) in [6, 6.07) is 15.2. The molecule has 0 spiro atoms. The fraction of sp³-hybridized carbons (Fsp3) is 0.211. The summed E-state index contributed by atoms with van der Waals surface area (Å²) < 4.78 is 7.11. The third-order valence-electron chi connectivity index (χ3n) is 3.88. The molecule has 0 aliphatic rings. The predicted molar refractivity (Wildman–Crippen MR) is 105 cm³/mol. The van der Waals surface area contributed by atoms with Crippen molar-refractivity contribution in [3.05, 3.63) is 71.0 Å². The van der Waals surface area contributed by atoms with Crippen LogP contribution in [-0.2, 0) is 11.4 Å². The Bertz CT molecular complexity index is 922. The minimum Gasteiger partial charge on any atom is -0.486 e. The van der Waals surface area contributed by atoms with Gasteiger partial charge in [-0.2, -0.15) is 0 Å². The van der Waals surface area contributed by atoms with Gasteiger partial charge in [-0.15, -0.1) is 10.2 Å². The summed E-state index contributed by atoms with van der Waals surface area (Å²) in [6.45, 7) is 4.18. The molecule has 140 valence electrons. The number of nitrogens with two attached hydrogens (primary N) is 2. The van der Waals surface area contributed by atoms with E-state index < -0.39 is 11.2 Å². The summed E-state index contributed by atoms with van der Waals surface area (Å²) in [5, 5.41) is 7.93. The Hall–Kier alpha value is -3.00. The molecule has 1 unspecified atom stereocenters. The number of aromatic nitrogens is 3. The second-order valence-corrected chi connectivity index (χ2v) is 7.26. The number of benzene rings is 2. The van der Waals surface area contributed by atoms with Crippen LogP contribution in [0.4, 0.5) is 0 Å². The van der Waals surface area contributed by atoms with E-state index in [2.05, 4.69) is 16.3 Å². The molecule has 3 aromatic rings. The molecular weight excluding hydrogens is 362 g/mol. The van der Waals surface area contributed by atoms with Crippen LogP contribution in [0.15, 0.2) is 53.7 Å². The Morgan fingerprint density at radius 2 is 1.81 bits per heavy atom. The molecule has 8 heteroatoms. The zero-order chi connectivity index (χ0) is 19.4. The maximum atomic E-state index is 11.9. The number of thioether (sulfide) groups is 1. The van der Waals surface area contributed by atoms with Gasteiger partial charge in [-0.3, -0.25) is 4.79 Å². The summed E-state index contributed by atoms with van der Waals surface area (Å²) in [6.07, 6.45) is 0. The first-order chi connectivity index (χ1) is 12.9. The molecule has 4 N–H and O–H groups in total. The van der Waals surface area contributed by atoms with Gasteiger partial charge >= 0.3 is 0 Å². The molecule has 27 heavy (non-hydrogen) atoms. The Morgan fingerprint density at radius 3 is 2.44 bits per heavy atom. The first-order valence-electron chi connectivity index (χ1n) is 8.35. The molecule has 0 bridgehead atoms. The van der Waals surface area contributed by atoms with Gasteiger partial charge in [-0.25, -0.2) is 4.68 Å². The molecule has 0 radical (unpaired) electrons. The molecule has 1 aromatic heterocycles. The largest absolute Gasteiger partial charge is 0.486 e. The van der Waals surface area contributed by atoms with Crippen LogP contribution in [0.3, 0.4) is 0 Å². The van der Waals surface area contributed by atoms with Gasteiger partial charge in [0.25, 0.3) is 0 Å². The molecular formula is C19H21N5O2S. The standard InChI is InChI=1S/C19H21N5O2S/c1-12-8-13(2)10-15(9-12)26-11-16-22-23-19(24(16)21)27-17(18(20)25)14-6-4-3-5-7-14/h3-10,17H,11,21H2,1-2H3,(H2,20,25). The lowest BCUT2D eigenvalue weighted by Gasteiger charge is -2.13. The van der Waals surface area contributed by atoms with Crippen LogP contribution in [0.2, 0.25) is 0 Å². The highest BCUT2D eigenvalue weighted by molar-refractivity contribution is 8.00. The lowest BCUT2D eigenvalue weighted by Crippen LogP contribution is -2.21. The number of hydrogen-bond acceptors (Lipinski definition) is 6. The van der Waals surface area contributed by atoms with Crippen molar-refractivity contribution in [2.45, 2.75) is 30.9 Å². The molecule has 1 atom stereocenters. The first kappa shape index (κ1) is 18.8. The quantitative estimate of drug-likeness (QED) is 0.479. The minimum atomic E-state index is -0.606. The van der Waals surface area contributed by atoms with Crippen molar-refractivity contribution in [1.29, 1.82) is 0 Å². The Balaban J connectivity index is 1.73. The number of hydrogen-bond donors (Lipinski definition) is 2. The van der Waals surface area contributed by atoms with Crippen LogP contribution in [0.25, 0.3) is 0 Å². The number of nitrogens with zero attached hydrogens (tertiary/aromatic N) is 3. The van der Waals surface area contributed by atoms with E-state index in [-0.39, 0.29) is 6.61 Å². The van der Waals surface area contributed by atoms with Crippen molar-refractivity contribution in [1.82, 2.24) is 14.9 Å². The van der Waals surface area contributed by atoms with Gasteiger partial charge in [-0.1, -0.05) is 48.2 Å². The van der Waals surface area contributed by atoms with Crippen molar-refractivity contribution in [3.8, 4) is 5.75 Å². The number of nitrogen functional groups attached to an aromatic ring is 1. The van der Waals surface area contributed by atoms with Gasteiger partial charge < -0.3 is 16.3 Å². The van der Waals surface area contributed by atoms with Gasteiger partial charge in [0.2, 0.25) is 11.1 Å². The third kappa shape index (κ3) is 4.59. The average Bonchev–Trinajstić information content (AvgIpc) is 2.97. The van der Waals surface area contributed by atoms with Crippen LogP contribution in [0, 0.1) is 13.8 Å². The Labute approximate surface area is 161 Å². The fourth-order valence-electron chi connectivity index (χ4n) is 2.67. The van der Waals surface area contributed by atoms with Crippen molar-refractivity contribution >= 4 is 17.7 Å². The van der Waals surface area contributed by atoms with E-state index in [0.29, 0.717) is 11.0 Å². The minimum absolute atomic E-state index is 0.166. The van der Waals surface area contributed by atoms with E-state index in [4.69, 9.17) is 16.3 Å². The van der Waals surface area contributed by atoms with E-state index in [1.54, 1.807) is 0 Å². The molecule has 1 amide bonds. The lowest BCUT2D eigenvalue weighted by atomic mass is 10.1. The van der Waals surface area contributed by atoms with Gasteiger partial charge in [-0.05, 0) is 42.7 Å². The van der Waals surface area contributed by atoms with Crippen LogP contribution in [-0.4, -0.2) is 20.8 Å². The number of primary amides is 1. The highest BCUT2D eigenvalue weighted by atomic mass is 32.2. The highest BCUT2D eigenvalue weighted by Gasteiger charge is 2.23. The molecule has 3 rings (SSSR count). The summed E-state index contributed by atoms with van der Waals surface area (Å²) in [4.78, 5) is 11.9. The number of ether oxygens (including phenoxy) is 1. The normalized spacial score (nSPS) is 11.9. The summed E-state index contributed by atoms with van der Waals surface area (Å²) >= 11 is 1.16. The second kappa shape index (κ2) is 8.13. The van der Waals surface area contributed by atoms with Crippen molar-refractivity contribution in [3.63, 3.8) is 0 Å². The maximum Gasteiger partial charge on any atom is 0.235 e. The van der Waals surface area contributed by atoms with Gasteiger partial charge in [0.05, 0.1) is 0 Å². The molecule has 7 nitrogen and oxygen atoms in total. The van der Waals surface area contributed by atoms with Crippen molar-refractivity contribution < 1.29 is 9.53 Å². The monoisotopic (exact) mass is 383 g/mol. The lowest BCUT2D eigenvalue weighted by molar-refractivity contribution is -0.117. The van der Waals surface area contributed by atoms with Crippen LogP contribution < -0.4 is 16.3 Å². The smallest absolute Gasteiger partial charge is 0.235 e. The maximum absolute atomic E-state index is 11.9. The molecule has 0 aliphatic heterocycles. The van der Waals surface area contributed by atoms with Gasteiger partial charge in [0.1, 0.15) is 17.6 Å². The molecule has 2 aromatic carbocycles. The molecule has 0 saturated heterocycles. The number of aryl methyl sites for hydroxylation is 2. The molecule has 0 saturated carbocycles. The number of carbonyl (C=O) groups excluding carboxylic acids is 1. The molecule has 0 aliphatic carbocycles. The number of amides is 1. The van der Waals surface area contributed by atoms with E-state index in [9.17, 15) is 4.79 Å². The fourth-order valence-corrected chi connectivity index (χ4v) is 3.60. The van der Waals surface area contributed by atoms with Gasteiger partial charge in [0.15, 0.2) is 5.82 Å². The Morgan fingerprint density at radius 1 is 1.15 bits per heavy atom. The Kier molecular flexibility index (Phi) is 5.66. The average molecular weight is 383 g/mol. The summed E-state index contributed by atoms with van der Waals surface area (Å²) in [5.41, 5.74) is 8.56. The van der Waals surface area contributed by atoms with E-state index in [0.717, 1.165) is 34.2 Å². The van der Waals surface area contributed by atoms with E-state index in [1.807, 2.05) is 56.3 Å². The van der Waals surface area contributed by atoms with E-state index >= 15 is 0 Å².